The molecule has 2 saturated heterocycles. The molecule has 2 heterocycles. The smallest absolute Gasteiger partial charge is 0.293 e. The summed E-state index contributed by atoms with van der Waals surface area (Å²) in [5.41, 5.74) is 7.09. The monoisotopic (exact) mass is 388 g/mol. The lowest BCUT2D eigenvalue weighted by atomic mass is 9.91. The number of likely N-dealkylation sites (tertiary alicyclic amines) is 1. The quantitative estimate of drug-likeness (QED) is 0.630. The summed E-state index contributed by atoms with van der Waals surface area (Å²) >= 11 is 0. The minimum atomic E-state index is -0.366. The molecule has 7 heteroatoms. The molecule has 7 nitrogen and oxygen atoms in total. The van der Waals surface area contributed by atoms with Gasteiger partial charge in [0, 0.05) is 43.3 Å². The Bertz CT molecular complexity index is 726. The van der Waals surface area contributed by atoms with Gasteiger partial charge in [-0.1, -0.05) is 13.8 Å². The molecule has 0 saturated carbocycles. The zero-order valence-electron chi connectivity index (χ0n) is 17.1. The van der Waals surface area contributed by atoms with E-state index in [1.807, 2.05) is 6.92 Å². The molecule has 28 heavy (non-hydrogen) atoms. The van der Waals surface area contributed by atoms with E-state index in [1.165, 1.54) is 6.07 Å². The number of nitro benzene ring substituents is 1. The lowest BCUT2D eigenvalue weighted by Gasteiger charge is -2.38. The molecule has 3 rings (SSSR count). The molecule has 4 unspecified atom stereocenters. The highest BCUT2D eigenvalue weighted by Crippen LogP contribution is 2.34. The number of nitrogens with two attached hydrogens (primary N) is 1. The molecular weight excluding hydrogens is 356 g/mol. The normalized spacial score (nSPS) is 26.8. The summed E-state index contributed by atoms with van der Waals surface area (Å²) in [6, 6.07) is 4.82. The van der Waals surface area contributed by atoms with E-state index in [-0.39, 0.29) is 28.6 Å². The predicted octanol–water partition coefficient (Wildman–Crippen LogP) is 3.42. The maximum atomic E-state index is 13.1. The maximum Gasteiger partial charge on any atom is 0.293 e. The van der Waals surface area contributed by atoms with Crippen molar-refractivity contribution < 1.29 is 9.72 Å². The fraction of sp³-hybridized carbons (Fsp3) is 0.667. The molecule has 2 aliphatic rings. The summed E-state index contributed by atoms with van der Waals surface area (Å²) in [7, 11) is 0. The van der Waals surface area contributed by atoms with Gasteiger partial charge >= 0.3 is 0 Å². The van der Waals surface area contributed by atoms with Crippen LogP contribution < -0.4 is 10.6 Å². The summed E-state index contributed by atoms with van der Waals surface area (Å²) in [6.45, 7) is 8.53. The van der Waals surface area contributed by atoms with Crippen molar-refractivity contribution in [3.05, 3.63) is 33.9 Å². The molecule has 1 amide bonds. The van der Waals surface area contributed by atoms with Crippen LogP contribution in [0, 0.1) is 22.0 Å². The van der Waals surface area contributed by atoms with E-state index in [2.05, 4.69) is 18.7 Å². The third kappa shape index (κ3) is 4.29. The predicted molar refractivity (Wildman–Crippen MR) is 111 cm³/mol. The van der Waals surface area contributed by atoms with Crippen molar-refractivity contribution in [3.63, 3.8) is 0 Å². The highest BCUT2D eigenvalue weighted by atomic mass is 16.6. The van der Waals surface area contributed by atoms with Gasteiger partial charge in [-0.25, -0.2) is 0 Å². The molecule has 4 atom stereocenters. The molecule has 1 aromatic rings. The second kappa shape index (κ2) is 8.47. The summed E-state index contributed by atoms with van der Waals surface area (Å²) in [5, 5.41) is 11.8. The largest absolute Gasteiger partial charge is 0.365 e. The zero-order valence-corrected chi connectivity index (χ0v) is 17.1. The molecular formula is C21H32N4O3. The molecule has 2 aliphatic heterocycles. The Morgan fingerprint density at radius 3 is 2.54 bits per heavy atom. The Balaban J connectivity index is 1.90. The number of carbonyl (C=O) groups is 1. The molecule has 2 N–H and O–H groups in total. The first-order chi connectivity index (χ1) is 13.3. The van der Waals surface area contributed by atoms with E-state index in [0.29, 0.717) is 29.6 Å². The third-order valence-corrected chi connectivity index (χ3v) is 6.05. The Morgan fingerprint density at radius 2 is 1.93 bits per heavy atom. The standard InChI is InChI=1S/C21H32N4O3/c1-14-10-15(2)13-23(12-14)19-8-7-17(11-20(19)25(27)28)21(26)24-9-5-4-6-18(24)16(3)22/h7-8,11,14-16,18H,4-6,9-10,12-13,22H2,1-3H3. The van der Waals surface area contributed by atoms with E-state index >= 15 is 0 Å². The molecule has 0 bridgehead atoms. The van der Waals surface area contributed by atoms with Crippen LogP contribution in [0.25, 0.3) is 0 Å². The molecule has 0 aromatic heterocycles. The van der Waals surface area contributed by atoms with Gasteiger partial charge in [0.1, 0.15) is 5.69 Å². The van der Waals surface area contributed by atoms with Crippen LogP contribution in [-0.4, -0.2) is 47.4 Å². The van der Waals surface area contributed by atoms with E-state index in [4.69, 9.17) is 5.73 Å². The van der Waals surface area contributed by atoms with Crippen LogP contribution in [0.2, 0.25) is 0 Å². The highest BCUT2D eigenvalue weighted by molar-refractivity contribution is 5.96. The number of nitrogens with zero attached hydrogens (tertiary/aromatic N) is 3. The van der Waals surface area contributed by atoms with Gasteiger partial charge in [-0.3, -0.25) is 14.9 Å². The van der Waals surface area contributed by atoms with Crippen LogP contribution in [0.1, 0.15) is 56.8 Å². The lowest BCUT2D eigenvalue weighted by molar-refractivity contribution is -0.384. The van der Waals surface area contributed by atoms with Crippen molar-refractivity contribution in [1.29, 1.82) is 0 Å². The molecule has 1 aromatic carbocycles. The molecule has 0 aliphatic carbocycles. The van der Waals surface area contributed by atoms with Gasteiger partial charge in [-0.2, -0.15) is 0 Å². The second-order valence-electron chi connectivity index (χ2n) is 8.73. The number of hydrogen-bond acceptors (Lipinski definition) is 5. The van der Waals surface area contributed by atoms with Crippen LogP contribution in [0.15, 0.2) is 18.2 Å². The average Bonchev–Trinajstić information content (AvgIpc) is 2.66. The Hall–Kier alpha value is -2.15. The Morgan fingerprint density at radius 1 is 1.25 bits per heavy atom. The van der Waals surface area contributed by atoms with Gasteiger partial charge in [-0.05, 0) is 56.6 Å². The number of amides is 1. The van der Waals surface area contributed by atoms with Crippen molar-refractivity contribution in [2.75, 3.05) is 24.5 Å². The van der Waals surface area contributed by atoms with Gasteiger partial charge in [0.25, 0.3) is 11.6 Å². The first kappa shape index (κ1) is 20.6. The van der Waals surface area contributed by atoms with E-state index in [0.717, 1.165) is 38.8 Å². The van der Waals surface area contributed by atoms with Crippen LogP contribution in [0.5, 0.6) is 0 Å². The highest BCUT2D eigenvalue weighted by Gasteiger charge is 2.32. The minimum absolute atomic E-state index is 0.0104. The van der Waals surface area contributed by atoms with E-state index in [1.54, 1.807) is 17.0 Å². The molecule has 154 valence electrons. The first-order valence-electron chi connectivity index (χ1n) is 10.4. The minimum Gasteiger partial charge on any atom is -0.365 e. The SMILES string of the molecule is CC1CC(C)CN(c2ccc(C(=O)N3CCCCC3C(C)N)cc2[N+](=O)[O-])C1. The average molecular weight is 389 g/mol. The van der Waals surface area contributed by atoms with Crippen molar-refractivity contribution >= 4 is 17.3 Å². The second-order valence-corrected chi connectivity index (χ2v) is 8.73. The van der Waals surface area contributed by atoms with Crippen molar-refractivity contribution in [2.24, 2.45) is 17.6 Å². The topological polar surface area (TPSA) is 92.7 Å². The molecule has 2 fully saturated rings. The number of carbonyl (C=O) groups excluding carboxylic acids is 1. The zero-order chi connectivity index (χ0) is 20.4. The number of hydrogen-bond donors (Lipinski definition) is 1. The van der Waals surface area contributed by atoms with Gasteiger partial charge < -0.3 is 15.5 Å². The number of nitro groups is 1. The van der Waals surface area contributed by atoms with Gasteiger partial charge in [0.05, 0.1) is 4.92 Å². The Labute approximate surface area is 167 Å². The van der Waals surface area contributed by atoms with Gasteiger partial charge in [-0.15, -0.1) is 0 Å². The van der Waals surface area contributed by atoms with Gasteiger partial charge in [0.15, 0.2) is 0 Å². The number of rotatable bonds is 4. The fourth-order valence-corrected chi connectivity index (χ4v) is 4.85. The van der Waals surface area contributed by atoms with Gasteiger partial charge in [0.2, 0.25) is 0 Å². The van der Waals surface area contributed by atoms with Crippen molar-refractivity contribution in [2.45, 2.75) is 58.5 Å². The van der Waals surface area contributed by atoms with Crippen LogP contribution in [-0.2, 0) is 0 Å². The van der Waals surface area contributed by atoms with E-state index < -0.39 is 0 Å². The van der Waals surface area contributed by atoms with Crippen LogP contribution >= 0.6 is 0 Å². The summed E-state index contributed by atoms with van der Waals surface area (Å²) < 4.78 is 0. The van der Waals surface area contributed by atoms with Crippen LogP contribution in [0.3, 0.4) is 0 Å². The number of piperidine rings is 2. The third-order valence-electron chi connectivity index (χ3n) is 6.05. The van der Waals surface area contributed by atoms with Crippen molar-refractivity contribution in [3.8, 4) is 0 Å². The number of anilines is 1. The molecule has 0 spiro atoms. The van der Waals surface area contributed by atoms with Crippen molar-refractivity contribution in [1.82, 2.24) is 4.90 Å². The van der Waals surface area contributed by atoms with E-state index in [9.17, 15) is 14.9 Å². The Kier molecular flexibility index (Phi) is 6.23. The maximum absolute atomic E-state index is 13.1. The summed E-state index contributed by atoms with van der Waals surface area (Å²) in [5.74, 6) is 0.826. The van der Waals surface area contributed by atoms with Crippen LogP contribution in [0.4, 0.5) is 11.4 Å². The molecule has 0 radical (unpaired) electrons. The lowest BCUT2D eigenvalue weighted by Crippen LogP contribution is -2.51. The summed E-state index contributed by atoms with van der Waals surface area (Å²) in [6.07, 6.45) is 4.01. The summed E-state index contributed by atoms with van der Waals surface area (Å²) in [4.78, 5) is 28.4. The number of benzene rings is 1. The first-order valence-corrected chi connectivity index (χ1v) is 10.4. The fourth-order valence-electron chi connectivity index (χ4n) is 4.85.